The Bertz CT molecular complexity index is 1170. The fourth-order valence-corrected chi connectivity index (χ4v) is 5.69. The Hall–Kier alpha value is -3.47. The molecule has 212 valence electrons. The number of piperidine rings is 1. The van der Waals surface area contributed by atoms with Gasteiger partial charge in [0.1, 0.15) is 5.84 Å². The van der Waals surface area contributed by atoms with Crippen molar-refractivity contribution in [1.82, 2.24) is 20.4 Å². The van der Waals surface area contributed by atoms with Crippen LogP contribution < -0.4 is 21.3 Å². The number of amidine groups is 1. The second-order valence-corrected chi connectivity index (χ2v) is 10.4. The molecule has 5 N–H and O–H groups in total. The summed E-state index contributed by atoms with van der Waals surface area (Å²) in [4.78, 5) is 22.3. The number of aliphatic imine (C=N–C) groups is 1. The van der Waals surface area contributed by atoms with E-state index in [4.69, 9.17) is 5.73 Å². The Morgan fingerprint density at radius 1 is 1.21 bits per heavy atom. The number of alkyl halides is 2. The van der Waals surface area contributed by atoms with Crippen molar-refractivity contribution in [2.24, 2.45) is 10.7 Å². The molecule has 4 rings (SSSR count). The number of nitrogens with two attached hydrogens (primary N) is 1. The highest BCUT2D eigenvalue weighted by atomic mass is 19.3. The average Bonchev–Trinajstić information content (AvgIpc) is 2.95. The fourth-order valence-electron chi connectivity index (χ4n) is 5.69. The molecule has 11 heteroatoms. The first-order valence-electron chi connectivity index (χ1n) is 13.6. The van der Waals surface area contributed by atoms with Crippen molar-refractivity contribution in [3.8, 4) is 0 Å². The number of carbonyl (C=O) groups is 1. The minimum Gasteiger partial charge on any atom is -0.404 e. The normalized spacial score (nSPS) is 19.6. The molecule has 0 radical (unpaired) electrons. The molecular formula is C28H40F2N8O. The number of fused-ring (bicyclic) bond motifs is 1. The zero-order valence-electron chi connectivity index (χ0n) is 23.1. The van der Waals surface area contributed by atoms with Crippen LogP contribution in [0, 0.1) is 5.41 Å². The molecule has 0 spiro atoms. The van der Waals surface area contributed by atoms with Gasteiger partial charge in [0.25, 0.3) is 6.43 Å². The molecule has 39 heavy (non-hydrogen) atoms. The van der Waals surface area contributed by atoms with E-state index in [0.29, 0.717) is 48.8 Å². The van der Waals surface area contributed by atoms with Crippen LogP contribution in [-0.2, 0) is 6.42 Å². The molecule has 2 amide bonds. The molecule has 1 fully saturated rings. The molecule has 1 saturated heterocycles. The summed E-state index contributed by atoms with van der Waals surface area (Å²) in [5.74, 6) is 0.248. The van der Waals surface area contributed by atoms with Crippen molar-refractivity contribution in [1.29, 1.82) is 5.41 Å². The van der Waals surface area contributed by atoms with Crippen molar-refractivity contribution < 1.29 is 13.6 Å². The second-order valence-electron chi connectivity index (χ2n) is 10.4. The van der Waals surface area contributed by atoms with Crippen LogP contribution in [0.5, 0.6) is 0 Å². The number of likely N-dealkylation sites (tertiary alicyclic amines) is 1. The predicted octanol–water partition coefficient (Wildman–Crippen LogP) is 3.34. The first-order valence-corrected chi connectivity index (χ1v) is 13.6. The molecule has 0 unspecified atom stereocenters. The van der Waals surface area contributed by atoms with E-state index in [0.717, 1.165) is 49.2 Å². The van der Waals surface area contributed by atoms with Crippen molar-refractivity contribution in [3.05, 3.63) is 46.3 Å². The summed E-state index contributed by atoms with van der Waals surface area (Å²) in [6, 6.07) is 3.37. The number of hydrogen-bond donors (Lipinski definition) is 4. The highest BCUT2D eigenvalue weighted by Gasteiger charge is 2.32. The maximum atomic E-state index is 14.3. The van der Waals surface area contributed by atoms with Crippen LogP contribution in [0.2, 0.25) is 0 Å². The van der Waals surface area contributed by atoms with Gasteiger partial charge >= 0.3 is 6.03 Å². The summed E-state index contributed by atoms with van der Waals surface area (Å²) in [6.07, 6.45) is 4.16. The maximum absolute atomic E-state index is 14.3. The summed E-state index contributed by atoms with van der Waals surface area (Å²) >= 11 is 0. The number of aryl methyl sites for hydroxylation is 1. The first-order chi connectivity index (χ1) is 18.8. The molecule has 3 aliphatic heterocycles. The third-order valence-electron chi connectivity index (χ3n) is 7.86. The Morgan fingerprint density at radius 2 is 1.95 bits per heavy atom. The summed E-state index contributed by atoms with van der Waals surface area (Å²) < 4.78 is 28.6. The van der Waals surface area contributed by atoms with Crippen molar-refractivity contribution >= 4 is 29.3 Å². The summed E-state index contributed by atoms with van der Waals surface area (Å²) in [7, 11) is 5.29. The van der Waals surface area contributed by atoms with Gasteiger partial charge < -0.3 is 31.1 Å². The topological polar surface area (TPSA) is 113 Å². The van der Waals surface area contributed by atoms with Gasteiger partial charge in [-0.15, -0.1) is 0 Å². The van der Waals surface area contributed by atoms with E-state index in [9.17, 15) is 19.0 Å². The van der Waals surface area contributed by atoms with Gasteiger partial charge in [0.2, 0.25) is 0 Å². The molecule has 1 aromatic rings. The lowest BCUT2D eigenvalue weighted by molar-refractivity contribution is 0.151. The number of rotatable bonds is 6. The molecular weight excluding hydrogens is 502 g/mol. The van der Waals surface area contributed by atoms with Crippen LogP contribution in [0.4, 0.5) is 19.3 Å². The number of amides is 2. The number of anilines is 1. The van der Waals surface area contributed by atoms with E-state index in [1.807, 2.05) is 4.90 Å². The van der Waals surface area contributed by atoms with Gasteiger partial charge in [0.05, 0.1) is 6.54 Å². The zero-order valence-corrected chi connectivity index (χ0v) is 23.1. The summed E-state index contributed by atoms with van der Waals surface area (Å²) in [5, 5.41) is 15.7. The highest BCUT2D eigenvalue weighted by molar-refractivity contribution is 6.12. The Labute approximate surface area is 229 Å². The van der Waals surface area contributed by atoms with Crippen LogP contribution in [0.15, 0.2) is 34.6 Å². The van der Waals surface area contributed by atoms with Crippen molar-refractivity contribution in [2.45, 2.75) is 44.6 Å². The molecule has 0 bridgehead atoms. The van der Waals surface area contributed by atoms with Crippen LogP contribution in [0.25, 0.3) is 5.57 Å². The third-order valence-corrected chi connectivity index (χ3v) is 7.86. The number of hydrogen-bond acceptors (Lipinski definition) is 6. The van der Waals surface area contributed by atoms with Gasteiger partial charge in [-0.25, -0.2) is 13.6 Å². The van der Waals surface area contributed by atoms with Crippen molar-refractivity contribution in [2.75, 3.05) is 58.8 Å². The number of nitrogens with zero attached hydrogens (tertiary/aromatic N) is 4. The third kappa shape index (κ3) is 6.24. The van der Waals surface area contributed by atoms with Gasteiger partial charge in [-0.3, -0.25) is 10.4 Å². The first kappa shape index (κ1) is 28.5. The van der Waals surface area contributed by atoms with E-state index < -0.39 is 6.43 Å². The minimum absolute atomic E-state index is 0.140. The number of carbonyl (C=O) groups excluding carboxylic acids is 1. The quantitative estimate of drug-likeness (QED) is 0.325. The van der Waals surface area contributed by atoms with E-state index in [-0.39, 0.29) is 24.0 Å². The maximum Gasteiger partial charge on any atom is 0.317 e. The molecule has 3 heterocycles. The smallest absolute Gasteiger partial charge is 0.317 e. The van der Waals surface area contributed by atoms with E-state index in [1.54, 1.807) is 25.1 Å². The number of urea groups is 1. The van der Waals surface area contributed by atoms with Gasteiger partial charge in [0.15, 0.2) is 0 Å². The predicted molar refractivity (Wildman–Crippen MR) is 153 cm³/mol. The molecule has 0 aromatic heterocycles. The van der Waals surface area contributed by atoms with Gasteiger partial charge in [-0.2, -0.15) is 0 Å². The van der Waals surface area contributed by atoms with Gasteiger partial charge in [-0.05, 0) is 69.1 Å². The van der Waals surface area contributed by atoms with Crippen LogP contribution in [0.3, 0.4) is 0 Å². The number of nitrogens with one attached hydrogen (secondary N) is 3. The standard InChI is InChI=1S/C28H40F2N8O/c1-33-16-19(15-31)21-13-18-5-4-9-38(25(18)14-22(21)26(29)30)27(32)23-17-37(28(39)34-2)12-8-24(23)35-20-6-10-36(3)11-7-20/h13-16,20,26,32,35H,4-12,17,31H2,1-3H3,(H,34,39)/b19-15+,32-27?,33-16?. The lowest BCUT2D eigenvalue weighted by Gasteiger charge is -2.39. The SMILES string of the molecule is CN=C/C(=C\N)c1cc2c(cc1C(F)F)N(C(=N)C1=C(NC3CCN(C)CC3)CCN(C(=O)NC)C1)CCC2. The van der Waals surface area contributed by atoms with Crippen LogP contribution in [-0.4, -0.2) is 87.8 Å². The molecule has 1 aromatic carbocycles. The molecule has 9 nitrogen and oxygen atoms in total. The lowest BCUT2D eigenvalue weighted by atomic mass is 9.91. The number of halogens is 2. The largest absolute Gasteiger partial charge is 0.404 e. The van der Waals surface area contributed by atoms with Gasteiger partial charge in [0, 0.05) is 80.2 Å². The van der Waals surface area contributed by atoms with Crippen LogP contribution in [0.1, 0.15) is 48.8 Å². The average molecular weight is 543 g/mol. The van der Waals surface area contributed by atoms with E-state index in [1.165, 1.54) is 18.5 Å². The Kier molecular flexibility index (Phi) is 9.21. The molecule has 0 aliphatic carbocycles. The van der Waals surface area contributed by atoms with Gasteiger partial charge in [-0.1, -0.05) is 0 Å². The Morgan fingerprint density at radius 3 is 2.59 bits per heavy atom. The number of benzene rings is 1. The molecule has 0 atom stereocenters. The van der Waals surface area contributed by atoms with Crippen LogP contribution >= 0.6 is 0 Å². The highest BCUT2D eigenvalue weighted by Crippen LogP contribution is 2.38. The fraction of sp³-hybridized carbons (Fsp3) is 0.536. The van der Waals surface area contributed by atoms with E-state index in [2.05, 4.69) is 27.6 Å². The summed E-state index contributed by atoms with van der Waals surface area (Å²) in [6.45, 7) is 3.37. The van der Waals surface area contributed by atoms with Crippen molar-refractivity contribution in [3.63, 3.8) is 0 Å². The number of allylic oxidation sites excluding steroid dienone is 1. The Balaban J connectivity index is 1.72. The zero-order chi connectivity index (χ0) is 28.1. The lowest BCUT2D eigenvalue weighted by Crippen LogP contribution is -2.49. The van der Waals surface area contributed by atoms with E-state index >= 15 is 0 Å². The second kappa shape index (κ2) is 12.6. The molecule has 0 saturated carbocycles. The monoisotopic (exact) mass is 542 g/mol. The summed E-state index contributed by atoms with van der Waals surface area (Å²) in [5.41, 5.74) is 9.62. The molecule has 3 aliphatic rings. The minimum atomic E-state index is -2.72.